The van der Waals surface area contributed by atoms with Crippen molar-refractivity contribution in [2.45, 2.75) is 65.1 Å². The standard InChI is InChI=1S/C14H22O4/c1-4-7-10(15)12-11(8-5-2)18-14(17,9-6-3)13(12)16/h17H,4-9H2,1-3H3. The van der Waals surface area contributed by atoms with Gasteiger partial charge in [-0.2, -0.15) is 0 Å². The molecule has 0 saturated heterocycles. The van der Waals surface area contributed by atoms with Crippen molar-refractivity contribution in [1.82, 2.24) is 0 Å². The molecule has 0 aromatic heterocycles. The average Bonchev–Trinajstić information content (AvgIpc) is 2.52. The highest BCUT2D eigenvalue weighted by Gasteiger charge is 2.48. The lowest BCUT2D eigenvalue weighted by Crippen LogP contribution is -2.38. The Morgan fingerprint density at radius 3 is 2.39 bits per heavy atom. The summed E-state index contributed by atoms with van der Waals surface area (Å²) >= 11 is 0. The van der Waals surface area contributed by atoms with Gasteiger partial charge >= 0.3 is 0 Å². The van der Waals surface area contributed by atoms with Crippen LogP contribution >= 0.6 is 0 Å². The van der Waals surface area contributed by atoms with E-state index >= 15 is 0 Å². The van der Waals surface area contributed by atoms with Crippen LogP contribution < -0.4 is 0 Å². The monoisotopic (exact) mass is 254 g/mol. The van der Waals surface area contributed by atoms with Crippen LogP contribution in [-0.4, -0.2) is 22.5 Å². The fraction of sp³-hybridized carbons (Fsp3) is 0.714. The predicted octanol–water partition coefficient (Wildman–Crippen LogP) is 2.50. The van der Waals surface area contributed by atoms with Crippen molar-refractivity contribution in [3.63, 3.8) is 0 Å². The molecule has 1 atom stereocenters. The molecule has 1 rings (SSSR count). The normalized spacial score (nSPS) is 23.4. The van der Waals surface area contributed by atoms with Gasteiger partial charge in [0.25, 0.3) is 5.79 Å². The molecule has 4 nitrogen and oxygen atoms in total. The molecule has 1 heterocycles. The van der Waals surface area contributed by atoms with Gasteiger partial charge in [-0.05, 0) is 19.3 Å². The minimum Gasteiger partial charge on any atom is -0.458 e. The molecule has 1 aliphatic rings. The van der Waals surface area contributed by atoms with Crippen LogP contribution in [0, 0.1) is 0 Å². The Kier molecular flexibility index (Phi) is 5.08. The first-order valence-electron chi connectivity index (χ1n) is 6.72. The molecule has 0 spiro atoms. The summed E-state index contributed by atoms with van der Waals surface area (Å²) in [6.07, 6.45) is 3.14. The molecule has 0 bridgehead atoms. The average molecular weight is 254 g/mol. The zero-order chi connectivity index (χ0) is 13.8. The zero-order valence-electron chi connectivity index (χ0n) is 11.4. The van der Waals surface area contributed by atoms with Crippen LogP contribution in [0.5, 0.6) is 0 Å². The molecule has 0 saturated carbocycles. The molecule has 0 radical (unpaired) electrons. The maximum Gasteiger partial charge on any atom is 0.272 e. The predicted molar refractivity (Wildman–Crippen MR) is 67.8 cm³/mol. The molecule has 0 fully saturated rings. The summed E-state index contributed by atoms with van der Waals surface area (Å²) in [6.45, 7) is 5.69. The van der Waals surface area contributed by atoms with Crippen LogP contribution in [0.2, 0.25) is 0 Å². The van der Waals surface area contributed by atoms with Crippen LogP contribution in [0.3, 0.4) is 0 Å². The maximum atomic E-state index is 12.2. The lowest BCUT2D eigenvalue weighted by Gasteiger charge is -2.21. The Labute approximate surface area is 108 Å². The van der Waals surface area contributed by atoms with Crippen molar-refractivity contribution < 1.29 is 19.4 Å². The summed E-state index contributed by atoms with van der Waals surface area (Å²) in [5.74, 6) is -2.20. The number of Topliss-reactive ketones (excluding diaryl/α,β-unsaturated/α-hetero) is 2. The first-order chi connectivity index (χ1) is 8.50. The van der Waals surface area contributed by atoms with E-state index in [1.165, 1.54) is 0 Å². The zero-order valence-corrected chi connectivity index (χ0v) is 11.4. The molecule has 18 heavy (non-hydrogen) atoms. The number of aliphatic hydroxyl groups is 1. The van der Waals surface area contributed by atoms with Gasteiger partial charge in [-0.3, -0.25) is 9.59 Å². The second-order valence-corrected chi connectivity index (χ2v) is 4.69. The minimum absolute atomic E-state index is 0.0923. The fourth-order valence-corrected chi connectivity index (χ4v) is 2.16. The number of allylic oxidation sites excluding steroid dienone is 1. The molecule has 0 amide bonds. The highest BCUT2D eigenvalue weighted by Crippen LogP contribution is 2.35. The molecule has 0 aliphatic carbocycles. The number of rotatable bonds is 7. The minimum atomic E-state index is -1.81. The molecule has 1 N–H and O–H groups in total. The third-order valence-electron chi connectivity index (χ3n) is 2.97. The number of ether oxygens (including phenoxy) is 1. The van der Waals surface area contributed by atoms with Gasteiger partial charge in [0, 0.05) is 19.3 Å². The largest absolute Gasteiger partial charge is 0.458 e. The van der Waals surface area contributed by atoms with Gasteiger partial charge in [0.1, 0.15) is 11.3 Å². The van der Waals surface area contributed by atoms with E-state index in [-0.39, 0.29) is 17.8 Å². The Bertz CT molecular complexity index is 370. The second kappa shape index (κ2) is 6.14. The summed E-state index contributed by atoms with van der Waals surface area (Å²) in [4.78, 5) is 24.1. The Morgan fingerprint density at radius 1 is 1.22 bits per heavy atom. The van der Waals surface area contributed by atoms with Gasteiger partial charge in [0.15, 0.2) is 5.78 Å². The second-order valence-electron chi connectivity index (χ2n) is 4.69. The molecule has 0 aromatic carbocycles. The van der Waals surface area contributed by atoms with E-state index in [1.54, 1.807) is 0 Å². The van der Waals surface area contributed by atoms with Crippen LogP contribution in [0.15, 0.2) is 11.3 Å². The topological polar surface area (TPSA) is 63.6 Å². The molecule has 1 unspecified atom stereocenters. The summed E-state index contributed by atoms with van der Waals surface area (Å²) in [5.41, 5.74) is 0.0923. The number of ketones is 2. The lowest BCUT2D eigenvalue weighted by molar-refractivity contribution is -0.180. The number of hydrogen-bond acceptors (Lipinski definition) is 4. The summed E-state index contributed by atoms with van der Waals surface area (Å²) in [7, 11) is 0. The van der Waals surface area contributed by atoms with Crippen molar-refractivity contribution in [3.8, 4) is 0 Å². The Morgan fingerprint density at radius 2 is 1.89 bits per heavy atom. The van der Waals surface area contributed by atoms with Crippen LogP contribution in [0.1, 0.15) is 59.3 Å². The number of hydrogen-bond donors (Lipinski definition) is 1. The van der Waals surface area contributed by atoms with Crippen molar-refractivity contribution >= 4 is 11.6 Å². The van der Waals surface area contributed by atoms with Crippen molar-refractivity contribution in [3.05, 3.63) is 11.3 Å². The molecule has 1 aliphatic heterocycles. The molecule has 0 aromatic rings. The van der Waals surface area contributed by atoms with E-state index in [0.717, 1.165) is 6.42 Å². The van der Waals surface area contributed by atoms with E-state index in [0.29, 0.717) is 31.4 Å². The van der Waals surface area contributed by atoms with Gasteiger partial charge in [0.2, 0.25) is 5.78 Å². The van der Waals surface area contributed by atoms with Crippen molar-refractivity contribution in [1.29, 1.82) is 0 Å². The summed E-state index contributed by atoms with van der Waals surface area (Å²) < 4.78 is 5.39. The Hall–Kier alpha value is -1.16. The highest BCUT2D eigenvalue weighted by atomic mass is 16.6. The van der Waals surface area contributed by atoms with Crippen molar-refractivity contribution in [2.75, 3.05) is 0 Å². The van der Waals surface area contributed by atoms with Crippen LogP contribution in [0.4, 0.5) is 0 Å². The van der Waals surface area contributed by atoms with Crippen molar-refractivity contribution in [2.24, 2.45) is 0 Å². The quantitative estimate of drug-likeness (QED) is 0.709. The van der Waals surface area contributed by atoms with E-state index in [1.807, 2.05) is 20.8 Å². The van der Waals surface area contributed by atoms with E-state index in [9.17, 15) is 14.7 Å². The van der Waals surface area contributed by atoms with Crippen LogP contribution in [0.25, 0.3) is 0 Å². The fourth-order valence-electron chi connectivity index (χ4n) is 2.16. The molecular formula is C14H22O4. The number of carbonyl (C=O) groups is 2. The van der Waals surface area contributed by atoms with E-state index in [4.69, 9.17) is 4.74 Å². The third kappa shape index (κ3) is 2.80. The van der Waals surface area contributed by atoms with Gasteiger partial charge in [-0.25, -0.2) is 0 Å². The van der Waals surface area contributed by atoms with E-state index < -0.39 is 11.6 Å². The number of carbonyl (C=O) groups excluding carboxylic acids is 2. The summed E-state index contributed by atoms with van der Waals surface area (Å²) in [6, 6.07) is 0. The smallest absolute Gasteiger partial charge is 0.272 e. The SMILES string of the molecule is CCCC(=O)C1=C(CCC)OC(O)(CCC)C1=O. The highest BCUT2D eigenvalue weighted by molar-refractivity contribution is 6.24. The molecule has 4 heteroatoms. The van der Waals surface area contributed by atoms with Gasteiger partial charge in [-0.15, -0.1) is 0 Å². The summed E-state index contributed by atoms with van der Waals surface area (Å²) in [5, 5.41) is 10.2. The third-order valence-corrected chi connectivity index (χ3v) is 2.97. The molecule has 102 valence electrons. The Balaban J connectivity index is 3.02. The van der Waals surface area contributed by atoms with E-state index in [2.05, 4.69) is 0 Å². The lowest BCUT2D eigenvalue weighted by atomic mass is 9.96. The first kappa shape index (κ1) is 14.9. The van der Waals surface area contributed by atoms with Gasteiger partial charge < -0.3 is 9.84 Å². The molecular weight excluding hydrogens is 232 g/mol. The first-order valence-corrected chi connectivity index (χ1v) is 6.72. The maximum absolute atomic E-state index is 12.2. The van der Waals surface area contributed by atoms with Gasteiger partial charge in [-0.1, -0.05) is 20.8 Å². The van der Waals surface area contributed by atoms with Crippen LogP contribution in [-0.2, 0) is 14.3 Å². The van der Waals surface area contributed by atoms with Gasteiger partial charge in [0.05, 0.1) is 0 Å².